The Labute approximate surface area is 97.4 Å². The molecule has 2 heterocycles. The van der Waals surface area contributed by atoms with Crippen molar-refractivity contribution in [1.29, 1.82) is 0 Å². The van der Waals surface area contributed by atoms with Gasteiger partial charge in [0.25, 0.3) is 0 Å². The molecule has 3 rings (SSSR count). The van der Waals surface area contributed by atoms with E-state index < -0.39 is 0 Å². The smallest absolute Gasteiger partial charge is 0.193 e. The SMILES string of the molecule is O=C(Cc1cn2ccsc2n1)C1=CCCC1. The Morgan fingerprint density at radius 1 is 1.56 bits per heavy atom. The first-order valence-electron chi connectivity index (χ1n) is 5.46. The molecule has 1 aliphatic carbocycles. The van der Waals surface area contributed by atoms with Crippen molar-refractivity contribution in [3.63, 3.8) is 0 Å². The van der Waals surface area contributed by atoms with Gasteiger partial charge in [0.15, 0.2) is 10.7 Å². The van der Waals surface area contributed by atoms with Crippen molar-refractivity contribution in [3.05, 3.63) is 35.1 Å². The summed E-state index contributed by atoms with van der Waals surface area (Å²) in [6.07, 6.45) is 9.55. The Bertz CT molecular complexity index is 536. The Hall–Kier alpha value is -1.42. The lowest BCUT2D eigenvalue weighted by Gasteiger charge is -1.97. The zero-order valence-electron chi connectivity index (χ0n) is 8.85. The van der Waals surface area contributed by atoms with Crippen LogP contribution in [0.2, 0.25) is 0 Å². The molecule has 0 aromatic carbocycles. The molecular weight excluding hydrogens is 220 g/mol. The topological polar surface area (TPSA) is 34.4 Å². The number of fused-ring (bicyclic) bond motifs is 1. The van der Waals surface area contributed by atoms with E-state index in [9.17, 15) is 4.79 Å². The molecule has 0 unspecified atom stereocenters. The highest BCUT2D eigenvalue weighted by Gasteiger charge is 2.15. The van der Waals surface area contributed by atoms with Crippen LogP contribution in [0.15, 0.2) is 29.4 Å². The van der Waals surface area contributed by atoms with Crippen molar-refractivity contribution in [2.45, 2.75) is 25.7 Å². The third-order valence-corrected chi connectivity index (χ3v) is 3.65. The lowest BCUT2D eigenvalue weighted by Crippen LogP contribution is -2.05. The molecule has 0 saturated carbocycles. The zero-order chi connectivity index (χ0) is 11.0. The van der Waals surface area contributed by atoms with E-state index in [1.54, 1.807) is 11.3 Å². The van der Waals surface area contributed by atoms with E-state index in [-0.39, 0.29) is 5.78 Å². The lowest BCUT2D eigenvalue weighted by molar-refractivity contribution is -0.115. The van der Waals surface area contributed by atoms with Gasteiger partial charge in [0.1, 0.15) is 0 Å². The van der Waals surface area contributed by atoms with Crippen LogP contribution in [0.5, 0.6) is 0 Å². The summed E-state index contributed by atoms with van der Waals surface area (Å²) >= 11 is 1.59. The van der Waals surface area contributed by atoms with E-state index >= 15 is 0 Å². The van der Waals surface area contributed by atoms with Gasteiger partial charge in [-0.15, -0.1) is 11.3 Å². The molecule has 0 radical (unpaired) electrons. The number of hydrogen-bond acceptors (Lipinski definition) is 3. The molecule has 2 aromatic heterocycles. The van der Waals surface area contributed by atoms with Gasteiger partial charge < -0.3 is 0 Å². The van der Waals surface area contributed by atoms with Crippen LogP contribution in [-0.4, -0.2) is 15.2 Å². The molecule has 0 amide bonds. The van der Waals surface area contributed by atoms with Crippen molar-refractivity contribution < 1.29 is 4.79 Å². The van der Waals surface area contributed by atoms with Gasteiger partial charge in [-0.2, -0.15) is 0 Å². The minimum absolute atomic E-state index is 0.239. The molecule has 2 aromatic rings. The van der Waals surface area contributed by atoms with Crippen LogP contribution in [0.25, 0.3) is 4.96 Å². The number of carbonyl (C=O) groups excluding carboxylic acids is 1. The number of ketones is 1. The van der Waals surface area contributed by atoms with Gasteiger partial charge in [0, 0.05) is 17.8 Å². The van der Waals surface area contributed by atoms with Gasteiger partial charge in [-0.05, 0) is 24.8 Å². The molecule has 1 aliphatic rings. The molecule has 0 fully saturated rings. The van der Waals surface area contributed by atoms with Crippen LogP contribution in [0, 0.1) is 0 Å². The van der Waals surface area contributed by atoms with E-state index in [0.717, 1.165) is 35.5 Å². The second-order valence-electron chi connectivity index (χ2n) is 4.05. The Morgan fingerprint density at radius 2 is 2.50 bits per heavy atom. The summed E-state index contributed by atoms with van der Waals surface area (Å²) in [6, 6.07) is 0. The number of aromatic nitrogens is 2. The quantitative estimate of drug-likeness (QED) is 0.815. The second kappa shape index (κ2) is 3.87. The maximum Gasteiger partial charge on any atom is 0.193 e. The molecule has 16 heavy (non-hydrogen) atoms. The number of rotatable bonds is 3. The molecule has 0 N–H and O–H groups in total. The Balaban J connectivity index is 1.79. The largest absolute Gasteiger partial charge is 0.297 e. The second-order valence-corrected chi connectivity index (χ2v) is 4.92. The summed E-state index contributed by atoms with van der Waals surface area (Å²) in [7, 11) is 0. The fourth-order valence-corrected chi connectivity index (χ4v) is 2.78. The Kier molecular flexibility index (Phi) is 2.36. The number of imidazole rings is 1. The highest BCUT2D eigenvalue weighted by Crippen LogP contribution is 2.20. The van der Waals surface area contributed by atoms with Crippen molar-refractivity contribution in [2.24, 2.45) is 0 Å². The standard InChI is InChI=1S/C12H12N2OS/c15-11(9-3-1-2-4-9)7-10-8-14-5-6-16-12(14)13-10/h3,5-6,8H,1-2,4,7H2. The molecule has 82 valence electrons. The van der Waals surface area contributed by atoms with Crippen molar-refractivity contribution in [2.75, 3.05) is 0 Å². The van der Waals surface area contributed by atoms with E-state index in [0.29, 0.717) is 6.42 Å². The molecule has 3 nitrogen and oxygen atoms in total. The first-order chi connectivity index (χ1) is 7.83. The minimum Gasteiger partial charge on any atom is -0.297 e. The molecule has 0 saturated heterocycles. The fraction of sp³-hybridized carbons (Fsp3) is 0.333. The summed E-state index contributed by atoms with van der Waals surface area (Å²) in [4.78, 5) is 17.3. The van der Waals surface area contributed by atoms with Crippen molar-refractivity contribution in [1.82, 2.24) is 9.38 Å². The first-order valence-corrected chi connectivity index (χ1v) is 6.34. The number of carbonyl (C=O) groups is 1. The molecular formula is C12H12N2OS. The number of allylic oxidation sites excluding steroid dienone is 2. The van der Waals surface area contributed by atoms with Crippen molar-refractivity contribution >= 4 is 22.1 Å². The molecule has 4 heteroatoms. The number of thiazole rings is 1. The summed E-state index contributed by atoms with van der Waals surface area (Å²) < 4.78 is 1.97. The number of nitrogens with zero attached hydrogens (tertiary/aromatic N) is 2. The molecule has 0 atom stereocenters. The Morgan fingerprint density at radius 3 is 3.25 bits per heavy atom. The maximum atomic E-state index is 11.9. The van der Waals surface area contributed by atoms with E-state index in [1.807, 2.05) is 22.2 Å². The molecule has 0 bridgehead atoms. The molecule has 0 aliphatic heterocycles. The van der Waals surface area contributed by atoms with Crippen LogP contribution in [-0.2, 0) is 11.2 Å². The number of hydrogen-bond donors (Lipinski definition) is 0. The fourth-order valence-electron chi connectivity index (χ4n) is 2.06. The van der Waals surface area contributed by atoms with Crippen LogP contribution >= 0.6 is 11.3 Å². The van der Waals surface area contributed by atoms with Gasteiger partial charge >= 0.3 is 0 Å². The van der Waals surface area contributed by atoms with E-state index in [2.05, 4.69) is 11.1 Å². The summed E-state index contributed by atoms with van der Waals surface area (Å²) in [5.74, 6) is 0.239. The highest BCUT2D eigenvalue weighted by atomic mass is 32.1. The van der Waals surface area contributed by atoms with Gasteiger partial charge in [-0.1, -0.05) is 6.08 Å². The van der Waals surface area contributed by atoms with Crippen LogP contribution < -0.4 is 0 Å². The van der Waals surface area contributed by atoms with E-state index in [4.69, 9.17) is 0 Å². The maximum absolute atomic E-state index is 11.9. The van der Waals surface area contributed by atoms with Crippen LogP contribution in [0.1, 0.15) is 25.0 Å². The number of Topliss-reactive ketones (excluding diaryl/α,β-unsaturated/α-hetero) is 1. The zero-order valence-corrected chi connectivity index (χ0v) is 9.67. The summed E-state index contributed by atoms with van der Waals surface area (Å²) in [5.41, 5.74) is 1.88. The summed E-state index contributed by atoms with van der Waals surface area (Å²) in [5, 5.41) is 1.99. The predicted molar refractivity (Wildman–Crippen MR) is 63.7 cm³/mol. The van der Waals surface area contributed by atoms with Gasteiger partial charge in [0.05, 0.1) is 12.1 Å². The third-order valence-electron chi connectivity index (χ3n) is 2.88. The van der Waals surface area contributed by atoms with E-state index in [1.165, 1.54) is 0 Å². The van der Waals surface area contributed by atoms with Gasteiger partial charge in [-0.3, -0.25) is 9.20 Å². The predicted octanol–water partition coefficient (Wildman–Crippen LogP) is 2.62. The third kappa shape index (κ3) is 1.69. The van der Waals surface area contributed by atoms with Crippen molar-refractivity contribution in [3.8, 4) is 0 Å². The van der Waals surface area contributed by atoms with Crippen LogP contribution in [0.4, 0.5) is 0 Å². The average Bonchev–Trinajstić information content (AvgIpc) is 2.91. The highest BCUT2D eigenvalue weighted by molar-refractivity contribution is 7.15. The minimum atomic E-state index is 0.239. The average molecular weight is 232 g/mol. The van der Waals surface area contributed by atoms with Gasteiger partial charge in [-0.25, -0.2) is 4.98 Å². The molecule has 0 spiro atoms. The lowest BCUT2D eigenvalue weighted by atomic mass is 10.1. The van der Waals surface area contributed by atoms with Crippen LogP contribution in [0.3, 0.4) is 0 Å². The monoisotopic (exact) mass is 232 g/mol. The first kappa shape index (κ1) is 9.78. The normalized spacial score (nSPS) is 15.6. The van der Waals surface area contributed by atoms with Gasteiger partial charge in [0.2, 0.25) is 0 Å². The summed E-state index contributed by atoms with van der Waals surface area (Å²) in [6.45, 7) is 0.